The molecule has 0 aliphatic carbocycles. The summed E-state index contributed by atoms with van der Waals surface area (Å²) in [5.41, 5.74) is 12.7. The molecule has 0 atom stereocenters. The maximum Gasteiger partial charge on any atom is 0.0376 e. The molecule has 0 radical (unpaired) electrons. The second-order valence-electron chi connectivity index (χ2n) is 6.61. The summed E-state index contributed by atoms with van der Waals surface area (Å²) in [5, 5.41) is 0. The highest BCUT2D eigenvalue weighted by Crippen LogP contribution is 2.35. The first-order chi connectivity index (χ1) is 7.64. The quantitative estimate of drug-likeness (QED) is 0.754. The molecule has 0 unspecified atom stereocenters. The summed E-state index contributed by atoms with van der Waals surface area (Å²) in [7, 11) is 0. The van der Waals surface area contributed by atoms with Gasteiger partial charge in [0, 0.05) is 5.69 Å². The maximum absolute atomic E-state index is 6.18. The van der Waals surface area contributed by atoms with Crippen LogP contribution in [0.4, 0.5) is 5.69 Å². The monoisotopic (exact) mass is 233 g/mol. The molecule has 1 heteroatoms. The van der Waals surface area contributed by atoms with E-state index in [0.29, 0.717) is 5.92 Å². The van der Waals surface area contributed by atoms with Gasteiger partial charge in [0.2, 0.25) is 0 Å². The SMILES string of the molecule is Cc1cc(CC(C)C)c(C(C)(C)C)c(C)c1N. The van der Waals surface area contributed by atoms with Crippen LogP contribution in [0.3, 0.4) is 0 Å². The zero-order valence-electron chi connectivity index (χ0n) is 12.4. The summed E-state index contributed by atoms with van der Waals surface area (Å²) >= 11 is 0. The van der Waals surface area contributed by atoms with Gasteiger partial charge in [0.1, 0.15) is 0 Å². The van der Waals surface area contributed by atoms with E-state index in [0.717, 1.165) is 12.1 Å². The Morgan fingerprint density at radius 1 is 1.18 bits per heavy atom. The number of nitrogens with two attached hydrogens (primary N) is 1. The number of hydrogen-bond acceptors (Lipinski definition) is 1. The van der Waals surface area contributed by atoms with E-state index in [1.807, 2.05) is 0 Å². The van der Waals surface area contributed by atoms with Crippen molar-refractivity contribution in [3.63, 3.8) is 0 Å². The van der Waals surface area contributed by atoms with Crippen LogP contribution in [0.5, 0.6) is 0 Å². The fourth-order valence-corrected chi connectivity index (χ4v) is 2.73. The van der Waals surface area contributed by atoms with Gasteiger partial charge in [-0.3, -0.25) is 0 Å². The Morgan fingerprint density at radius 3 is 2.12 bits per heavy atom. The molecule has 0 aliphatic rings. The smallest absolute Gasteiger partial charge is 0.0376 e. The molecule has 0 saturated heterocycles. The van der Waals surface area contributed by atoms with Gasteiger partial charge in [-0.2, -0.15) is 0 Å². The molecular weight excluding hydrogens is 206 g/mol. The van der Waals surface area contributed by atoms with Crippen molar-refractivity contribution in [2.75, 3.05) is 5.73 Å². The summed E-state index contributed by atoms with van der Waals surface area (Å²) in [6.07, 6.45) is 1.13. The molecule has 0 saturated carbocycles. The van der Waals surface area contributed by atoms with Crippen molar-refractivity contribution < 1.29 is 0 Å². The average molecular weight is 233 g/mol. The van der Waals surface area contributed by atoms with Crippen molar-refractivity contribution in [3.05, 3.63) is 28.3 Å². The van der Waals surface area contributed by atoms with E-state index < -0.39 is 0 Å². The van der Waals surface area contributed by atoms with Crippen molar-refractivity contribution in [1.29, 1.82) is 0 Å². The predicted octanol–water partition coefficient (Wildman–Crippen LogP) is 4.38. The Bertz CT molecular complexity index is 409. The number of benzene rings is 1. The first-order valence-corrected chi connectivity index (χ1v) is 6.53. The van der Waals surface area contributed by atoms with Crippen LogP contribution in [0.1, 0.15) is 56.9 Å². The van der Waals surface area contributed by atoms with E-state index in [1.54, 1.807) is 0 Å². The van der Waals surface area contributed by atoms with E-state index >= 15 is 0 Å². The highest BCUT2D eigenvalue weighted by Gasteiger charge is 2.22. The van der Waals surface area contributed by atoms with Gasteiger partial charge in [-0.1, -0.05) is 40.7 Å². The van der Waals surface area contributed by atoms with Crippen molar-refractivity contribution in [2.45, 2.75) is 60.3 Å². The van der Waals surface area contributed by atoms with Gasteiger partial charge in [-0.25, -0.2) is 0 Å². The third-order valence-corrected chi connectivity index (χ3v) is 3.29. The van der Waals surface area contributed by atoms with Crippen LogP contribution in [-0.2, 0) is 11.8 Å². The van der Waals surface area contributed by atoms with Crippen molar-refractivity contribution in [2.24, 2.45) is 5.92 Å². The minimum atomic E-state index is 0.163. The Morgan fingerprint density at radius 2 is 1.71 bits per heavy atom. The average Bonchev–Trinajstić information content (AvgIpc) is 2.10. The molecule has 2 N–H and O–H groups in total. The Kier molecular flexibility index (Phi) is 3.91. The molecule has 0 fully saturated rings. The second-order valence-corrected chi connectivity index (χ2v) is 6.61. The van der Waals surface area contributed by atoms with Crippen LogP contribution in [-0.4, -0.2) is 0 Å². The Balaban J connectivity index is 3.47. The van der Waals surface area contributed by atoms with E-state index in [9.17, 15) is 0 Å². The third kappa shape index (κ3) is 3.02. The van der Waals surface area contributed by atoms with E-state index in [2.05, 4.69) is 54.5 Å². The normalized spacial score (nSPS) is 12.2. The summed E-state index contributed by atoms with van der Waals surface area (Å²) < 4.78 is 0. The van der Waals surface area contributed by atoms with Gasteiger partial charge in [0.15, 0.2) is 0 Å². The van der Waals surface area contributed by atoms with Gasteiger partial charge >= 0.3 is 0 Å². The molecule has 1 nitrogen and oxygen atoms in total. The molecule has 17 heavy (non-hydrogen) atoms. The molecule has 0 spiro atoms. The van der Waals surface area contributed by atoms with Crippen LogP contribution < -0.4 is 5.73 Å². The van der Waals surface area contributed by atoms with Crippen LogP contribution in [0.25, 0.3) is 0 Å². The fraction of sp³-hybridized carbons (Fsp3) is 0.625. The lowest BCUT2D eigenvalue weighted by Gasteiger charge is -2.28. The molecule has 0 amide bonds. The highest BCUT2D eigenvalue weighted by atomic mass is 14.6. The molecule has 1 aromatic carbocycles. The molecule has 0 heterocycles. The summed E-state index contributed by atoms with van der Waals surface area (Å²) in [5.74, 6) is 0.679. The first-order valence-electron chi connectivity index (χ1n) is 6.53. The molecule has 0 aliphatic heterocycles. The van der Waals surface area contributed by atoms with Crippen molar-refractivity contribution in [3.8, 4) is 0 Å². The number of hydrogen-bond donors (Lipinski definition) is 1. The van der Waals surface area contributed by atoms with Gasteiger partial charge in [-0.15, -0.1) is 0 Å². The molecule has 0 bridgehead atoms. The predicted molar refractivity (Wildman–Crippen MR) is 77.6 cm³/mol. The van der Waals surface area contributed by atoms with Crippen molar-refractivity contribution >= 4 is 5.69 Å². The molecule has 1 aromatic rings. The highest BCUT2D eigenvalue weighted by molar-refractivity contribution is 5.60. The van der Waals surface area contributed by atoms with Gasteiger partial charge in [0.05, 0.1) is 0 Å². The summed E-state index contributed by atoms with van der Waals surface area (Å²) in [6.45, 7) is 15.6. The zero-order chi connectivity index (χ0) is 13.4. The standard InChI is InChI=1S/C16H27N/c1-10(2)8-13-9-11(3)15(17)12(4)14(13)16(5,6)7/h9-10H,8,17H2,1-7H3. The number of rotatable bonds is 2. The van der Waals surface area contributed by atoms with Crippen LogP contribution in [0, 0.1) is 19.8 Å². The lowest BCUT2D eigenvalue weighted by Crippen LogP contribution is -2.19. The van der Waals surface area contributed by atoms with E-state index in [4.69, 9.17) is 5.73 Å². The molecule has 96 valence electrons. The minimum absolute atomic E-state index is 0.163. The third-order valence-electron chi connectivity index (χ3n) is 3.29. The summed E-state index contributed by atoms with van der Waals surface area (Å²) in [6, 6.07) is 2.28. The number of nitrogen functional groups attached to an aromatic ring is 1. The molecular formula is C16H27N. The minimum Gasteiger partial charge on any atom is -0.398 e. The van der Waals surface area contributed by atoms with E-state index in [-0.39, 0.29) is 5.41 Å². The lowest BCUT2D eigenvalue weighted by molar-refractivity contribution is 0.563. The van der Waals surface area contributed by atoms with Gasteiger partial charge in [-0.05, 0) is 53.9 Å². The summed E-state index contributed by atoms with van der Waals surface area (Å²) in [4.78, 5) is 0. The van der Waals surface area contributed by atoms with E-state index in [1.165, 1.54) is 22.3 Å². The lowest BCUT2D eigenvalue weighted by atomic mass is 9.77. The molecule has 0 aromatic heterocycles. The molecule has 1 rings (SSSR count). The van der Waals surface area contributed by atoms with Gasteiger partial charge in [0.25, 0.3) is 0 Å². The van der Waals surface area contributed by atoms with Crippen molar-refractivity contribution in [1.82, 2.24) is 0 Å². The van der Waals surface area contributed by atoms with Gasteiger partial charge < -0.3 is 5.73 Å². The zero-order valence-corrected chi connectivity index (χ0v) is 12.4. The second kappa shape index (κ2) is 4.72. The Hall–Kier alpha value is -0.980. The van der Waals surface area contributed by atoms with Crippen LogP contribution in [0.15, 0.2) is 6.07 Å². The number of aryl methyl sites for hydroxylation is 1. The number of anilines is 1. The first kappa shape index (κ1) is 14.1. The van der Waals surface area contributed by atoms with Crippen LogP contribution in [0.2, 0.25) is 0 Å². The maximum atomic E-state index is 6.18. The largest absolute Gasteiger partial charge is 0.398 e. The Labute approximate surface area is 106 Å². The topological polar surface area (TPSA) is 26.0 Å². The fourth-order valence-electron chi connectivity index (χ4n) is 2.73. The van der Waals surface area contributed by atoms with Crippen LogP contribution >= 0.6 is 0 Å².